The number of anilines is 2. The van der Waals surface area contributed by atoms with Gasteiger partial charge in [-0.25, -0.2) is 9.97 Å². The highest BCUT2D eigenvalue weighted by molar-refractivity contribution is 14.1. The van der Waals surface area contributed by atoms with Crippen LogP contribution in [0.15, 0.2) is 36.8 Å². The summed E-state index contributed by atoms with van der Waals surface area (Å²) >= 11 is 2.18. The van der Waals surface area contributed by atoms with Crippen molar-refractivity contribution in [3.63, 3.8) is 0 Å². The van der Waals surface area contributed by atoms with Crippen LogP contribution >= 0.6 is 22.6 Å². The maximum atomic E-state index is 5.46. The highest BCUT2D eigenvalue weighted by atomic mass is 127. The minimum atomic E-state index is 0.501. The van der Waals surface area contributed by atoms with Gasteiger partial charge in [0.25, 0.3) is 0 Å². The summed E-state index contributed by atoms with van der Waals surface area (Å²) in [5.74, 6) is 1.57. The van der Waals surface area contributed by atoms with E-state index in [9.17, 15) is 0 Å². The molecule has 0 aliphatic carbocycles. The van der Waals surface area contributed by atoms with Crippen molar-refractivity contribution >= 4 is 34.1 Å². The van der Waals surface area contributed by atoms with Gasteiger partial charge in [0.2, 0.25) is 0 Å². The van der Waals surface area contributed by atoms with Crippen LogP contribution in [0.4, 0.5) is 11.5 Å². The topological polar surface area (TPSA) is 73.1 Å². The van der Waals surface area contributed by atoms with E-state index >= 15 is 0 Å². The van der Waals surface area contributed by atoms with Crippen LogP contribution in [0.1, 0.15) is 0 Å². The van der Waals surface area contributed by atoms with Gasteiger partial charge in [-0.15, -0.1) is 0 Å². The van der Waals surface area contributed by atoms with E-state index in [4.69, 9.17) is 10.5 Å². The molecule has 1 heterocycles. The lowest BCUT2D eigenvalue weighted by molar-refractivity contribution is 0.328. The van der Waals surface area contributed by atoms with Crippen molar-refractivity contribution in [1.29, 1.82) is 0 Å². The van der Waals surface area contributed by atoms with E-state index in [2.05, 4.69) is 37.9 Å². The third-order valence-electron chi connectivity index (χ3n) is 2.15. The molecule has 0 unspecified atom stereocenters. The fourth-order valence-corrected chi connectivity index (χ4v) is 1.82. The van der Waals surface area contributed by atoms with Gasteiger partial charge in [-0.2, -0.15) is 0 Å². The third kappa shape index (κ3) is 3.54. The second-order valence-corrected chi connectivity index (χ2v) is 4.67. The summed E-state index contributed by atoms with van der Waals surface area (Å²) in [7, 11) is 0. The molecular formula is C12H13IN4O. The fraction of sp³-hybridized carbons (Fsp3) is 0.167. The lowest BCUT2D eigenvalue weighted by Crippen LogP contribution is -2.10. The molecule has 0 saturated heterocycles. The lowest BCUT2D eigenvalue weighted by atomic mass is 10.3. The number of rotatable bonds is 5. The van der Waals surface area contributed by atoms with Crippen LogP contribution in [0, 0.1) is 3.57 Å². The summed E-state index contributed by atoms with van der Waals surface area (Å²) in [5, 5.41) is 3.22. The maximum absolute atomic E-state index is 5.46. The third-order valence-corrected chi connectivity index (χ3v) is 2.94. The van der Waals surface area contributed by atoms with E-state index < -0.39 is 0 Å². The molecule has 0 fully saturated rings. The molecule has 3 N–H and O–H groups in total. The van der Waals surface area contributed by atoms with Gasteiger partial charge < -0.3 is 15.8 Å². The molecule has 1 aromatic carbocycles. The number of nitrogens with two attached hydrogens (primary N) is 1. The Labute approximate surface area is 119 Å². The van der Waals surface area contributed by atoms with Crippen molar-refractivity contribution in [2.24, 2.45) is 5.73 Å². The van der Waals surface area contributed by atoms with Crippen LogP contribution < -0.4 is 15.8 Å². The summed E-state index contributed by atoms with van der Waals surface area (Å²) in [6, 6.07) is 7.68. The largest absolute Gasteiger partial charge is 0.492 e. The standard InChI is InChI=1S/C12H13IN4O/c13-11-7-15-8-16-12(11)17-9-2-1-3-10(6-9)18-5-4-14/h1-3,6-8H,4-5,14H2,(H,15,16,17). The summed E-state index contributed by atoms with van der Waals surface area (Å²) in [4.78, 5) is 8.12. The zero-order chi connectivity index (χ0) is 12.8. The molecule has 0 saturated carbocycles. The van der Waals surface area contributed by atoms with Crippen LogP contribution in [-0.2, 0) is 0 Å². The van der Waals surface area contributed by atoms with Gasteiger partial charge in [-0.3, -0.25) is 0 Å². The van der Waals surface area contributed by atoms with E-state index in [1.165, 1.54) is 6.33 Å². The average molecular weight is 356 g/mol. The van der Waals surface area contributed by atoms with Crippen molar-refractivity contribution in [3.8, 4) is 5.75 Å². The molecule has 2 aromatic rings. The number of nitrogens with one attached hydrogen (secondary N) is 1. The molecule has 0 spiro atoms. The Morgan fingerprint density at radius 2 is 2.28 bits per heavy atom. The molecule has 0 aliphatic rings. The van der Waals surface area contributed by atoms with E-state index in [-0.39, 0.29) is 0 Å². The van der Waals surface area contributed by atoms with Crippen molar-refractivity contribution in [3.05, 3.63) is 40.4 Å². The predicted octanol–water partition coefficient (Wildman–Crippen LogP) is 2.16. The van der Waals surface area contributed by atoms with Crippen molar-refractivity contribution < 1.29 is 4.74 Å². The summed E-state index contributed by atoms with van der Waals surface area (Å²) in [5.41, 5.74) is 6.32. The molecule has 18 heavy (non-hydrogen) atoms. The molecule has 6 heteroatoms. The predicted molar refractivity (Wildman–Crippen MR) is 79.0 cm³/mol. The Balaban J connectivity index is 2.12. The van der Waals surface area contributed by atoms with Gasteiger partial charge in [0.1, 0.15) is 24.5 Å². The highest BCUT2D eigenvalue weighted by Crippen LogP contribution is 2.22. The molecule has 94 valence electrons. The van der Waals surface area contributed by atoms with Crippen molar-refractivity contribution in [1.82, 2.24) is 9.97 Å². The number of hydrogen-bond acceptors (Lipinski definition) is 5. The van der Waals surface area contributed by atoms with E-state index in [1.54, 1.807) is 6.20 Å². The van der Waals surface area contributed by atoms with Crippen LogP contribution in [0.25, 0.3) is 0 Å². The van der Waals surface area contributed by atoms with Gasteiger partial charge in [-0.05, 0) is 34.7 Å². The number of hydrogen-bond donors (Lipinski definition) is 2. The summed E-state index contributed by atoms with van der Waals surface area (Å²) in [6.45, 7) is 1.01. The summed E-state index contributed by atoms with van der Waals surface area (Å²) < 4.78 is 6.43. The van der Waals surface area contributed by atoms with E-state index in [1.807, 2.05) is 24.3 Å². The number of nitrogens with zero attached hydrogens (tertiary/aromatic N) is 2. The number of benzene rings is 1. The Hall–Kier alpha value is -1.41. The van der Waals surface area contributed by atoms with Crippen molar-refractivity contribution in [2.75, 3.05) is 18.5 Å². The first-order valence-corrected chi connectivity index (χ1v) is 6.53. The minimum Gasteiger partial charge on any atom is -0.492 e. The molecular weight excluding hydrogens is 343 g/mol. The van der Waals surface area contributed by atoms with Crippen LogP contribution in [-0.4, -0.2) is 23.1 Å². The first-order chi connectivity index (χ1) is 8.79. The monoisotopic (exact) mass is 356 g/mol. The second kappa shape index (κ2) is 6.50. The number of ether oxygens (including phenoxy) is 1. The van der Waals surface area contributed by atoms with Gasteiger partial charge >= 0.3 is 0 Å². The molecule has 0 amide bonds. The molecule has 0 radical (unpaired) electrons. The molecule has 1 aromatic heterocycles. The smallest absolute Gasteiger partial charge is 0.147 e. The summed E-state index contributed by atoms with van der Waals surface area (Å²) in [6.07, 6.45) is 3.27. The van der Waals surface area contributed by atoms with Crippen LogP contribution in [0.2, 0.25) is 0 Å². The van der Waals surface area contributed by atoms with Crippen molar-refractivity contribution in [2.45, 2.75) is 0 Å². The SMILES string of the molecule is NCCOc1cccc(Nc2ncncc2I)c1. The van der Waals surface area contributed by atoms with Crippen LogP contribution in [0.5, 0.6) is 5.75 Å². The van der Waals surface area contributed by atoms with E-state index in [0.717, 1.165) is 20.8 Å². The lowest BCUT2D eigenvalue weighted by Gasteiger charge is -2.09. The quantitative estimate of drug-likeness (QED) is 0.804. The van der Waals surface area contributed by atoms with Gasteiger partial charge in [-0.1, -0.05) is 6.07 Å². The minimum absolute atomic E-state index is 0.501. The average Bonchev–Trinajstić information content (AvgIpc) is 2.40. The normalized spacial score (nSPS) is 10.1. The Morgan fingerprint density at radius 3 is 3.06 bits per heavy atom. The second-order valence-electron chi connectivity index (χ2n) is 3.51. The zero-order valence-electron chi connectivity index (χ0n) is 9.64. The van der Waals surface area contributed by atoms with Gasteiger partial charge in [0.05, 0.1) is 3.57 Å². The van der Waals surface area contributed by atoms with Crippen LogP contribution in [0.3, 0.4) is 0 Å². The Morgan fingerprint density at radius 1 is 1.39 bits per heavy atom. The molecule has 0 atom stereocenters. The molecule has 5 nitrogen and oxygen atoms in total. The first kappa shape index (κ1) is 13.0. The number of halogens is 1. The van der Waals surface area contributed by atoms with Gasteiger partial charge in [0, 0.05) is 24.5 Å². The van der Waals surface area contributed by atoms with Gasteiger partial charge in [0.15, 0.2) is 0 Å². The number of aromatic nitrogens is 2. The molecule has 2 rings (SSSR count). The molecule has 0 aliphatic heterocycles. The Bertz CT molecular complexity index is 521. The molecule has 0 bridgehead atoms. The van der Waals surface area contributed by atoms with E-state index in [0.29, 0.717) is 13.2 Å². The Kier molecular flexibility index (Phi) is 4.71. The highest BCUT2D eigenvalue weighted by Gasteiger charge is 2.02. The fourth-order valence-electron chi connectivity index (χ4n) is 1.38. The maximum Gasteiger partial charge on any atom is 0.147 e. The zero-order valence-corrected chi connectivity index (χ0v) is 11.8. The first-order valence-electron chi connectivity index (χ1n) is 5.45.